The number of hydrogen-bond acceptors (Lipinski definition) is 4. The van der Waals surface area contributed by atoms with Crippen LogP contribution in [0, 0.1) is 5.92 Å². The van der Waals surface area contributed by atoms with E-state index in [1.807, 2.05) is 24.3 Å². The van der Waals surface area contributed by atoms with Crippen molar-refractivity contribution in [2.24, 2.45) is 5.92 Å². The summed E-state index contributed by atoms with van der Waals surface area (Å²) < 4.78 is 5.50. The van der Waals surface area contributed by atoms with Crippen molar-refractivity contribution in [1.82, 2.24) is 10.6 Å². The van der Waals surface area contributed by atoms with E-state index in [4.69, 9.17) is 9.84 Å². The van der Waals surface area contributed by atoms with Gasteiger partial charge in [-0.25, -0.2) is 4.79 Å². The zero-order valence-corrected chi connectivity index (χ0v) is 18.3. The molecule has 0 aliphatic heterocycles. The number of carbonyl (C=O) groups excluding carboxylic acids is 2. The van der Waals surface area contributed by atoms with Crippen LogP contribution in [-0.2, 0) is 14.3 Å². The summed E-state index contributed by atoms with van der Waals surface area (Å²) >= 11 is 0. The maximum atomic E-state index is 12.2. The third kappa shape index (κ3) is 5.42. The van der Waals surface area contributed by atoms with E-state index in [2.05, 4.69) is 34.9 Å². The Balaban J connectivity index is 1.14. The van der Waals surface area contributed by atoms with E-state index >= 15 is 0 Å². The minimum Gasteiger partial charge on any atom is -0.481 e. The Hall–Kier alpha value is -3.61. The van der Waals surface area contributed by atoms with Crippen LogP contribution in [0.3, 0.4) is 0 Å². The average Bonchev–Trinajstić information content (AvgIpc) is 3.40. The summed E-state index contributed by atoms with van der Waals surface area (Å²) in [6.07, 6.45) is 4.88. The van der Waals surface area contributed by atoms with Gasteiger partial charge in [0.2, 0.25) is 5.91 Å². The SMILES string of the molecule is O=C(CCCCNC(=O)OCC1c2ccccc2-c2ccccc21)NC1C=CC(C(=O)O)C1. The van der Waals surface area contributed by atoms with Crippen molar-refractivity contribution in [2.75, 3.05) is 13.2 Å². The molecule has 7 nitrogen and oxygen atoms in total. The number of hydrogen-bond donors (Lipinski definition) is 3. The van der Waals surface area contributed by atoms with Crippen LogP contribution < -0.4 is 10.6 Å². The predicted octanol–water partition coefficient (Wildman–Crippen LogP) is 3.84. The summed E-state index contributed by atoms with van der Waals surface area (Å²) in [6.45, 7) is 0.697. The van der Waals surface area contributed by atoms with Gasteiger partial charge in [0.1, 0.15) is 6.61 Å². The van der Waals surface area contributed by atoms with Crippen LogP contribution in [0.25, 0.3) is 11.1 Å². The topological polar surface area (TPSA) is 105 Å². The van der Waals surface area contributed by atoms with E-state index in [0.29, 0.717) is 32.2 Å². The van der Waals surface area contributed by atoms with E-state index in [9.17, 15) is 14.4 Å². The molecule has 2 aliphatic rings. The Morgan fingerprint density at radius 1 is 0.939 bits per heavy atom. The number of aliphatic carboxylic acids is 1. The van der Waals surface area contributed by atoms with Gasteiger partial charge in [-0.05, 0) is 41.5 Å². The van der Waals surface area contributed by atoms with Crippen LogP contribution in [0.5, 0.6) is 0 Å². The van der Waals surface area contributed by atoms with Crippen LogP contribution in [0.2, 0.25) is 0 Å². The Morgan fingerprint density at radius 2 is 1.61 bits per heavy atom. The molecule has 0 fully saturated rings. The number of rotatable bonds is 9. The molecule has 172 valence electrons. The number of nitrogens with one attached hydrogen (secondary N) is 2. The Kier molecular flexibility index (Phi) is 7.07. The molecular formula is C26H28N2O5. The Morgan fingerprint density at radius 3 is 2.24 bits per heavy atom. The van der Waals surface area contributed by atoms with Gasteiger partial charge in [0.25, 0.3) is 0 Å². The minimum atomic E-state index is -0.873. The van der Waals surface area contributed by atoms with E-state index in [1.165, 1.54) is 22.3 Å². The van der Waals surface area contributed by atoms with Crippen molar-refractivity contribution in [2.45, 2.75) is 37.6 Å². The van der Waals surface area contributed by atoms with Gasteiger partial charge in [0, 0.05) is 24.9 Å². The van der Waals surface area contributed by atoms with Crippen molar-refractivity contribution in [3.05, 3.63) is 71.8 Å². The molecule has 2 amide bonds. The fourth-order valence-corrected chi connectivity index (χ4v) is 4.52. The number of fused-ring (bicyclic) bond motifs is 3. The molecule has 3 N–H and O–H groups in total. The predicted molar refractivity (Wildman–Crippen MR) is 124 cm³/mol. The van der Waals surface area contributed by atoms with Crippen LogP contribution in [0.1, 0.15) is 42.7 Å². The third-order valence-corrected chi connectivity index (χ3v) is 6.19. The van der Waals surface area contributed by atoms with Gasteiger partial charge < -0.3 is 20.5 Å². The molecule has 2 unspecified atom stereocenters. The van der Waals surface area contributed by atoms with Crippen LogP contribution >= 0.6 is 0 Å². The number of alkyl carbamates (subject to hydrolysis) is 1. The molecule has 0 aromatic heterocycles. The lowest BCUT2D eigenvalue weighted by Crippen LogP contribution is -2.33. The first-order valence-electron chi connectivity index (χ1n) is 11.3. The van der Waals surface area contributed by atoms with Crippen LogP contribution in [0.15, 0.2) is 60.7 Å². The van der Waals surface area contributed by atoms with Gasteiger partial charge >= 0.3 is 12.1 Å². The van der Waals surface area contributed by atoms with Crippen molar-refractivity contribution < 1.29 is 24.2 Å². The largest absolute Gasteiger partial charge is 0.481 e. The van der Waals surface area contributed by atoms with Crippen molar-refractivity contribution in [1.29, 1.82) is 0 Å². The van der Waals surface area contributed by atoms with E-state index in [0.717, 1.165) is 0 Å². The highest BCUT2D eigenvalue weighted by molar-refractivity contribution is 5.79. The van der Waals surface area contributed by atoms with Gasteiger partial charge in [-0.1, -0.05) is 60.7 Å². The number of amides is 2. The maximum Gasteiger partial charge on any atom is 0.407 e. The van der Waals surface area contributed by atoms with Gasteiger partial charge in [-0.15, -0.1) is 0 Å². The third-order valence-electron chi connectivity index (χ3n) is 6.19. The highest BCUT2D eigenvalue weighted by Crippen LogP contribution is 2.44. The zero-order valence-electron chi connectivity index (χ0n) is 18.3. The van der Waals surface area contributed by atoms with Gasteiger partial charge in [0.15, 0.2) is 0 Å². The standard InChI is InChI=1S/C26H28N2O5/c29-24(28-18-13-12-17(15-18)25(30)31)11-5-6-14-27-26(32)33-16-23-21-9-3-1-7-19(21)20-8-2-4-10-22(20)23/h1-4,7-10,12-13,17-18,23H,5-6,11,14-16H2,(H,27,32)(H,28,29)(H,30,31). The van der Waals surface area contributed by atoms with E-state index in [-0.39, 0.29) is 24.5 Å². The number of carbonyl (C=O) groups is 3. The molecule has 0 radical (unpaired) electrons. The molecule has 2 aliphatic carbocycles. The van der Waals surface area contributed by atoms with Crippen LogP contribution in [0.4, 0.5) is 4.79 Å². The first-order chi connectivity index (χ1) is 16.0. The summed E-state index contributed by atoms with van der Waals surface area (Å²) in [5, 5.41) is 14.6. The first kappa shape index (κ1) is 22.6. The number of carboxylic acids is 1. The van der Waals surface area contributed by atoms with Gasteiger partial charge in [-0.2, -0.15) is 0 Å². The Bertz CT molecular complexity index is 1020. The fourth-order valence-electron chi connectivity index (χ4n) is 4.52. The first-order valence-corrected chi connectivity index (χ1v) is 11.3. The molecule has 0 spiro atoms. The second-order valence-corrected chi connectivity index (χ2v) is 8.45. The Labute approximate surface area is 192 Å². The maximum absolute atomic E-state index is 12.2. The quantitative estimate of drug-likeness (QED) is 0.399. The monoisotopic (exact) mass is 448 g/mol. The molecule has 4 rings (SSSR count). The molecule has 0 saturated heterocycles. The second kappa shape index (κ2) is 10.3. The fraction of sp³-hybridized carbons (Fsp3) is 0.346. The molecular weight excluding hydrogens is 420 g/mol. The lowest BCUT2D eigenvalue weighted by Gasteiger charge is -2.14. The molecule has 2 aromatic carbocycles. The van der Waals surface area contributed by atoms with E-state index in [1.54, 1.807) is 12.2 Å². The number of unbranched alkanes of at least 4 members (excludes halogenated alkanes) is 1. The number of ether oxygens (including phenoxy) is 1. The van der Waals surface area contributed by atoms with Crippen molar-refractivity contribution in [3.63, 3.8) is 0 Å². The molecule has 7 heteroatoms. The van der Waals surface area contributed by atoms with Crippen LogP contribution in [-0.4, -0.2) is 42.3 Å². The summed E-state index contributed by atoms with van der Waals surface area (Å²) in [5.74, 6) is -1.49. The van der Waals surface area contributed by atoms with Gasteiger partial charge in [-0.3, -0.25) is 9.59 Å². The number of carboxylic acid groups (broad SMARTS) is 1. The summed E-state index contributed by atoms with van der Waals surface area (Å²) in [6, 6.07) is 16.2. The van der Waals surface area contributed by atoms with E-state index < -0.39 is 18.0 Å². The highest BCUT2D eigenvalue weighted by atomic mass is 16.5. The van der Waals surface area contributed by atoms with Crippen molar-refractivity contribution in [3.8, 4) is 11.1 Å². The lowest BCUT2D eigenvalue weighted by molar-refractivity contribution is -0.140. The normalized spacial score (nSPS) is 18.4. The molecule has 0 bridgehead atoms. The van der Waals surface area contributed by atoms with Crippen molar-refractivity contribution >= 4 is 18.0 Å². The highest BCUT2D eigenvalue weighted by Gasteiger charge is 2.29. The zero-order chi connectivity index (χ0) is 23.2. The molecule has 33 heavy (non-hydrogen) atoms. The summed E-state index contributed by atoms with van der Waals surface area (Å²) in [4.78, 5) is 35.1. The molecule has 0 heterocycles. The smallest absolute Gasteiger partial charge is 0.407 e. The number of benzene rings is 2. The van der Waals surface area contributed by atoms with Gasteiger partial charge in [0.05, 0.1) is 5.92 Å². The molecule has 2 atom stereocenters. The minimum absolute atomic E-state index is 0.0252. The lowest BCUT2D eigenvalue weighted by atomic mass is 9.98. The summed E-state index contributed by atoms with van der Waals surface area (Å²) in [7, 11) is 0. The summed E-state index contributed by atoms with van der Waals surface area (Å²) in [5.41, 5.74) is 4.72. The molecule has 2 aromatic rings. The average molecular weight is 449 g/mol. The molecule has 0 saturated carbocycles. The second-order valence-electron chi connectivity index (χ2n) is 8.45.